The van der Waals surface area contributed by atoms with Crippen molar-refractivity contribution in [3.63, 3.8) is 0 Å². The molecule has 0 saturated heterocycles. The van der Waals surface area contributed by atoms with Gasteiger partial charge in [-0.2, -0.15) is 0 Å². The summed E-state index contributed by atoms with van der Waals surface area (Å²) in [6, 6.07) is -0.920. The third kappa shape index (κ3) is 6.00. The van der Waals surface area contributed by atoms with Gasteiger partial charge in [0.1, 0.15) is 6.04 Å². The Labute approximate surface area is 110 Å². The number of ether oxygens (including phenoxy) is 1. The van der Waals surface area contributed by atoms with Gasteiger partial charge in [-0.15, -0.1) is 0 Å². The van der Waals surface area contributed by atoms with Gasteiger partial charge in [-0.3, -0.25) is 4.79 Å². The molecular weight excluding hydrogens is 232 g/mol. The molecule has 0 saturated carbocycles. The van der Waals surface area contributed by atoms with Crippen LogP contribution < -0.4 is 10.6 Å². The van der Waals surface area contributed by atoms with Gasteiger partial charge in [-0.05, 0) is 25.8 Å². The van der Waals surface area contributed by atoms with Gasteiger partial charge in [0.2, 0.25) is 5.91 Å². The van der Waals surface area contributed by atoms with Crippen LogP contribution in [0.4, 0.5) is 0 Å². The zero-order valence-electron chi connectivity index (χ0n) is 12.2. The molecule has 0 heterocycles. The highest BCUT2D eigenvalue weighted by molar-refractivity contribution is 5.87. The number of carbonyl (C=O) groups excluding carboxylic acids is 2. The molecule has 0 aliphatic heterocycles. The molecule has 0 aliphatic carbocycles. The molecule has 0 rings (SSSR count). The molecule has 0 aromatic rings. The molecule has 0 radical (unpaired) electrons. The first kappa shape index (κ1) is 16.9. The fourth-order valence-electron chi connectivity index (χ4n) is 1.50. The zero-order valence-corrected chi connectivity index (χ0v) is 12.2. The van der Waals surface area contributed by atoms with Crippen LogP contribution in [0.5, 0.6) is 0 Å². The second kappa shape index (κ2) is 8.08. The maximum Gasteiger partial charge on any atom is 0.328 e. The molecule has 1 amide bonds. The summed E-state index contributed by atoms with van der Waals surface area (Å²) in [6.45, 7) is 9.83. The Kier molecular flexibility index (Phi) is 7.59. The molecule has 0 fully saturated rings. The predicted octanol–water partition coefficient (Wildman–Crippen LogP) is 0.934. The van der Waals surface area contributed by atoms with Crippen LogP contribution in [0.2, 0.25) is 0 Å². The van der Waals surface area contributed by atoms with E-state index in [1.54, 1.807) is 14.0 Å². The smallest absolute Gasteiger partial charge is 0.328 e. The first-order valence-corrected chi connectivity index (χ1v) is 6.43. The summed E-state index contributed by atoms with van der Waals surface area (Å²) in [4.78, 5) is 23.5. The average Bonchev–Trinajstić information content (AvgIpc) is 2.25. The quantitative estimate of drug-likeness (QED) is 0.667. The minimum Gasteiger partial charge on any atom is -0.464 e. The van der Waals surface area contributed by atoms with Crippen molar-refractivity contribution in [2.75, 3.05) is 13.7 Å². The maximum absolute atomic E-state index is 11.9. The van der Waals surface area contributed by atoms with Crippen molar-refractivity contribution in [3.05, 3.63) is 0 Å². The molecule has 2 atom stereocenters. The van der Waals surface area contributed by atoms with Crippen LogP contribution in [-0.2, 0) is 14.3 Å². The van der Waals surface area contributed by atoms with Crippen molar-refractivity contribution in [1.82, 2.24) is 10.6 Å². The Morgan fingerprint density at radius 3 is 2.06 bits per heavy atom. The Morgan fingerprint density at radius 1 is 1.11 bits per heavy atom. The maximum atomic E-state index is 11.9. The molecule has 18 heavy (non-hydrogen) atoms. The van der Waals surface area contributed by atoms with Gasteiger partial charge in [-0.25, -0.2) is 4.79 Å². The van der Waals surface area contributed by atoms with E-state index in [1.165, 1.54) is 0 Å². The van der Waals surface area contributed by atoms with Gasteiger partial charge in [0.25, 0.3) is 0 Å². The molecule has 0 bridgehead atoms. The number of amides is 1. The fraction of sp³-hybridized carbons (Fsp3) is 0.846. The number of hydrogen-bond acceptors (Lipinski definition) is 4. The molecule has 2 N–H and O–H groups in total. The van der Waals surface area contributed by atoms with Gasteiger partial charge >= 0.3 is 5.97 Å². The second-order valence-electron chi connectivity index (χ2n) is 5.26. The topological polar surface area (TPSA) is 67.4 Å². The van der Waals surface area contributed by atoms with Crippen molar-refractivity contribution >= 4 is 11.9 Å². The Morgan fingerprint density at radius 2 is 1.67 bits per heavy atom. The van der Waals surface area contributed by atoms with E-state index in [4.69, 9.17) is 4.74 Å². The molecule has 0 aromatic heterocycles. The third-order valence-corrected chi connectivity index (χ3v) is 2.53. The first-order chi connectivity index (χ1) is 8.29. The molecule has 0 unspecified atom stereocenters. The van der Waals surface area contributed by atoms with Crippen molar-refractivity contribution in [1.29, 1.82) is 0 Å². The average molecular weight is 258 g/mol. The lowest BCUT2D eigenvalue weighted by atomic mass is 10.0. The predicted molar refractivity (Wildman–Crippen MR) is 71.1 cm³/mol. The SMILES string of the molecule is CN[C@H](C(=O)N[C@@H](C)C(=O)OCC(C)C)C(C)C. The third-order valence-electron chi connectivity index (χ3n) is 2.53. The van der Waals surface area contributed by atoms with Crippen LogP contribution in [0, 0.1) is 11.8 Å². The van der Waals surface area contributed by atoms with E-state index in [9.17, 15) is 9.59 Å². The van der Waals surface area contributed by atoms with E-state index in [0.717, 1.165) is 0 Å². The summed E-state index contributed by atoms with van der Waals surface area (Å²) in [5.74, 6) is -0.122. The number of likely N-dealkylation sites (N-methyl/N-ethyl adjacent to an activating group) is 1. The van der Waals surface area contributed by atoms with Crippen LogP contribution in [-0.4, -0.2) is 37.6 Å². The summed E-state index contributed by atoms with van der Waals surface area (Å²) in [5.41, 5.74) is 0. The minimum atomic E-state index is -0.620. The van der Waals surface area contributed by atoms with Crippen molar-refractivity contribution in [3.8, 4) is 0 Å². The van der Waals surface area contributed by atoms with Gasteiger partial charge in [0.15, 0.2) is 0 Å². The van der Waals surface area contributed by atoms with E-state index < -0.39 is 12.0 Å². The summed E-state index contributed by atoms with van der Waals surface area (Å²) in [7, 11) is 1.73. The Bertz CT molecular complexity index is 277. The standard InChI is InChI=1S/C13H26N2O3/c1-8(2)7-18-13(17)10(5)15-12(16)11(14-6)9(3)4/h8-11,14H,7H2,1-6H3,(H,15,16)/t10-,11-/m0/s1. The van der Waals surface area contributed by atoms with Gasteiger partial charge < -0.3 is 15.4 Å². The summed E-state index contributed by atoms with van der Waals surface area (Å²) in [5, 5.41) is 5.59. The Hall–Kier alpha value is -1.10. The van der Waals surface area contributed by atoms with E-state index in [1.807, 2.05) is 27.7 Å². The lowest BCUT2D eigenvalue weighted by Crippen LogP contribution is -2.50. The minimum absolute atomic E-state index is 0.161. The van der Waals surface area contributed by atoms with Gasteiger partial charge in [-0.1, -0.05) is 27.7 Å². The number of nitrogens with one attached hydrogen (secondary N) is 2. The Balaban J connectivity index is 4.25. The van der Waals surface area contributed by atoms with Crippen molar-refractivity contribution < 1.29 is 14.3 Å². The second-order valence-corrected chi connectivity index (χ2v) is 5.26. The fourth-order valence-corrected chi connectivity index (χ4v) is 1.50. The summed E-state index contributed by atoms with van der Waals surface area (Å²) in [6.07, 6.45) is 0. The van der Waals surface area contributed by atoms with Crippen molar-refractivity contribution in [2.24, 2.45) is 11.8 Å². The zero-order chi connectivity index (χ0) is 14.3. The molecule has 5 nitrogen and oxygen atoms in total. The monoisotopic (exact) mass is 258 g/mol. The number of hydrogen-bond donors (Lipinski definition) is 2. The lowest BCUT2D eigenvalue weighted by Gasteiger charge is -2.22. The number of carbonyl (C=O) groups is 2. The van der Waals surface area contributed by atoms with E-state index in [-0.39, 0.29) is 23.8 Å². The van der Waals surface area contributed by atoms with Crippen LogP contribution in [0.15, 0.2) is 0 Å². The molecule has 0 spiro atoms. The van der Waals surface area contributed by atoms with Gasteiger partial charge in [0, 0.05) is 0 Å². The number of rotatable bonds is 7. The molecule has 0 aliphatic rings. The van der Waals surface area contributed by atoms with Gasteiger partial charge in [0.05, 0.1) is 12.6 Å². The van der Waals surface area contributed by atoms with Crippen LogP contribution >= 0.6 is 0 Å². The van der Waals surface area contributed by atoms with Crippen LogP contribution in [0.3, 0.4) is 0 Å². The highest BCUT2D eigenvalue weighted by atomic mass is 16.5. The molecule has 0 aromatic carbocycles. The van der Waals surface area contributed by atoms with E-state index >= 15 is 0 Å². The normalized spacial score (nSPS) is 14.4. The first-order valence-electron chi connectivity index (χ1n) is 6.43. The van der Waals surface area contributed by atoms with E-state index in [2.05, 4.69) is 10.6 Å². The number of esters is 1. The summed E-state index contributed by atoms with van der Waals surface area (Å²) >= 11 is 0. The molecule has 106 valence electrons. The molecule has 5 heteroatoms. The van der Waals surface area contributed by atoms with Crippen molar-refractivity contribution in [2.45, 2.75) is 46.7 Å². The highest BCUT2D eigenvalue weighted by Gasteiger charge is 2.24. The lowest BCUT2D eigenvalue weighted by molar-refractivity contribution is -0.148. The summed E-state index contributed by atoms with van der Waals surface area (Å²) < 4.78 is 5.07. The van der Waals surface area contributed by atoms with Crippen LogP contribution in [0.1, 0.15) is 34.6 Å². The molecular formula is C13H26N2O3. The van der Waals surface area contributed by atoms with E-state index in [0.29, 0.717) is 6.61 Å². The highest BCUT2D eigenvalue weighted by Crippen LogP contribution is 2.02. The largest absolute Gasteiger partial charge is 0.464 e. The van der Waals surface area contributed by atoms with Crippen LogP contribution in [0.25, 0.3) is 0 Å².